The van der Waals surface area contributed by atoms with Crippen LogP contribution in [0.2, 0.25) is 0 Å². The predicted molar refractivity (Wildman–Crippen MR) is 103 cm³/mol. The van der Waals surface area contributed by atoms with Crippen LogP contribution in [-0.4, -0.2) is 36.5 Å². The zero-order chi connectivity index (χ0) is 22.1. The van der Waals surface area contributed by atoms with Crippen molar-refractivity contribution in [2.24, 2.45) is 0 Å². The van der Waals surface area contributed by atoms with E-state index in [-0.39, 0.29) is 18.7 Å². The Morgan fingerprint density at radius 1 is 1.10 bits per heavy atom. The smallest absolute Gasteiger partial charge is 0.416 e. The summed E-state index contributed by atoms with van der Waals surface area (Å²) in [6, 6.07) is 11.2. The molecule has 1 unspecified atom stereocenters. The van der Waals surface area contributed by atoms with Crippen molar-refractivity contribution in [1.82, 2.24) is 0 Å². The van der Waals surface area contributed by atoms with E-state index in [0.29, 0.717) is 13.0 Å². The van der Waals surface area contributed by atoms with Crippen LogP contribution in [0.25, 0.3) is 0 Å². The Labute approximate surface area is 171 Å². The minimum atomic E-state index is -4.44. The summed E-state index contributed by atoms with van der Waals surface area (Å²) in [5, 5.41) is 11.5. The van der Waals surface area contributed by atoms with Crippen LogP contribution < -0.4 is 5.32 Å². The second-order valence-corrected chi connectivity index (χ2v) is 6.39. The number of carbonyl (C=O) groups excluding carboxylic acids is 1. The minimum absolute atomic E-state index is 0.0454. The maximum Gasteiger partial charge on any atom is 0.416 e. The fourth-order valence-corrected chi connectivity index (χ4v) is 2.70. The Morgan fingerprint density at radius 2 is 1.77 bits per heavy atom. The number of hydrogen-bond acceptors (Lipinski definition) is 4. The molecule has 2 aromatic carbocycles. The van der Waals surface area contributed by atoms with Gasteiger partial charge in [-0.15, -0.1) is 0 Å². The quantitative estimate of drug-likeness (QED) is 0.617. The average Bonchev–Trinajstić information content (AvgIpc) is 2.67. The van der Waals surface area contributed by atoms with Crippen LogP contribution in [0.4, 0.5) is 23.7 Å². The molecule has 0 aliphatic rings. The first-order valence-corrected chi connectivity index (χ1v) is 9.22. The summed E-state index contributed by atoms with van der Waals surface area (Å²) in [6.45, 7) is 2.06. The Balaban J connectivity index is 1.83. The lowest BCUT2D eigenvalue weighted by molar-refractivity contribution is -0.150. The van der Waals surface area contributed by atoms with Gasteiger partial charge in [-0.3, -0.25) is 5.32 Å². The molecule has 0 aromatic heterocycles. The third-order valence-corrected chi connectivity index (χ3v) is 4.14. The van der Waals surface area contributed by atoms with Gasteiger partial charge in [-0.1, -0.05) is 24.3 Å². The maximum atomic E-state index is 12.5. The average molecular weight is 425 g/mol. The molecule has 0 aliphatic carbocycles. The Morgan fingerprint density at radius 3 is 2.37 bits per heavy atom. The van der Waals surface area contributed by atoms with Crippen LogP contribution in [0.1, 0.15) is 23.6 Å². The summed E-state index contributed by atoms with van der Waals surface area (Å²) in [4.78, 5) is 23.0. The molecule has 0 fully saturated rings. The van der Waals surface area contributed by atoms with E-state index in [1.165, 1.54) is 0 Å². The SMILES string of the molecule is CCOC(Cc1cccc(CCOC(=O)Nc2ccc(C(F)(F)F)cc2)c1)C(=O)O. The zero-order valence-electron chi connectivity index (χ0n) is 16.2. The molecule has 2 rings (SSSR count). The number of ether oxygens (including phenoxy) is 2. The van der Waals surface area contributed by atoms with Gasteiger partial charge >= 0.3 is 18.2 Å². The number of amides is 1. The van der Waals surface area contributed by atoms with Gasteiger partial charge < -0.3 is 14.6 Å². The Bertz CT molecular complexity index is 852. The summed E-state index contributed by atoms with van der Waals surface area (Å²) in [7, 11) is 0. The highest BCUT2D eigenvalue weighted by Crippen LogP contribution is 2.29. The third kappa shape index (κ3) is 7.40. The molecule has 0 saturated carbocycles. The number of carboxylic acids is 1. The van der Waals surface area contributed by atoms with Gasteiger partial charge in [-0.25, -0.2) is 9.59 Å². The van der Waals surface area contributed by atoms with Crippen LogP contribution >= 0.6 is 0 Å². The van der Waals surface area contributed by atoms with Crippen LogP contribution in [-0.2, 0) is 33.3 Å². The van der Waals surface area contributed by atoms with Crippen molar-refractivity contribution in [1.29, 1.82) is 0 Å². The van der Waals surface area contributed by atoms with Gasteiger partial charge in [0.1, 0.15) is 0 Å². The molecule has 9 heteroatoms. The zero-order valence-corrected chi connectivity index (χ0v) is 16.2. The molecule has 0 aliphatic heterocycles. The molecule has 2 N–H and O–H groups in total. The molecule has 1 amide bonds. The van der Waals surface area contributed by atoms with Gasteiger partial charge in [0.05, 0.1) is 12.2 Å². The number of nitrogens with one attached hydrogen (secondary N) is 1. The van der Waals surface area contributed by atoms with E-state index in [0.717, 1.165) is 35.4 Å². The van der Waals surface area contributed by atoms with Gasteiger partial charge in [0, 0.05) is 25.1 Å². The molecule has 30 heavy (non-hydrogen) atoms. The normalized spacial score (nSPS) is 12.3. The van der Waals surface area contributed by atoms with E-state index < -0.39 is 29.9 Å². The second-order valence-electron chi connectivity index (χ2n) is 6.39. The second kappa shape index (κ2) is 10.6. The molecule has 0 radical (unpaired) electrons. The molecule has 162 valence electrons. The lowest BCUT2D eigenvalue weighted by atomic mass is 10.0. The highest BCUT2D eigenvalue weighted by molar-refractivity contribution is 5.84. The van der Waals surface area contributed by atoms with E-state index in [9.17, 15) is 22.8 Å². The van der Waals surface area contributed by atoms with Gasteiger partial charge in [-0.2, -0.15) is 13.2 Å². The molecule has 0 bridgehead atoms. The summed E-state index contributed by atoms with van der Waals surface area (Å²) in [6.07, 6.45) is -5.56. The highest BCUT2D eigenvalue weighted by atomic mass is 19.4. The van der Waals surface area contributed by atoms with E-state index >= 15 is 0 Å². The van der Waals surface area contributed by atoms with Crippen LogP contribution in [0.15, 0.2) is 48.5 Å². The van der Waals surface area contributed by atoms with Crippen molar-refractivity contribution in [2.45, 2.75) is 32.0 Å². The molecule has 0 spiro atoms. The molecule has 0 heterocycles. The van der Waals surface area contributed by atoms with Gasteiger partial charge in [-0.05, 0) is 42.3 Å². The van der Waals surface area contributed by atoms with Crippen LogP contribution in [0.5, 0.6) is 0 Å². The van der Waals surface area contributed by atoms with Crippen molar-refractivity contribution in [3.05, 3.63) is 65.2 Å². The van der Waals surface area contributed by atoms with Gasteiger partial charge in [0.25, 0.3) is 0 Å². The van der Waals surface area contributed by atoms with E-state index in [1.54, 1.807) is 19.1 Å². The van der Waals surface area contributed by atoms with Gasteiger partial charge in [0.15, 0.2) is 6.10 Å². The lowest BCUT2D eigenvalue weighted by Crippen LogP contribution is -2.26. The van der Waals surface area contributed by atoms with Crippen LogP contribution in [0.3, 0.4) is 0 Å². The molecular weight excluding hydrogens is 403 g/mol. The van der Waals surface area contributed by atoms with Crippen molar-refractivity contribution in [3.63, 3.8) is 0 Å². The van der Waals surface area contributed by atoms with Gasteiger partial charge in [0.2, 0.25) is 0 Å². The maximum absolute atomic E-state index is 12.5. The highest BCUT2D eigenvalue weighted by Gasteiger charge is 2.30. The Hall–Kier alpha value is -3.07. The fraction of sp³-hybridized carbons (Fsp3) is 0.333. The topological polar surface area (TPSA) is 84.9 Å². The Kier molecular flexibility index (Phi) is 8.23. The number of rotatable bonds is 9. The number of aliphatic carboxylic acids is 1. The molecule has 1 atom stereocenters. The predicted octanol–water partition coefficient (Wildman–Crippen LogP) is 4.53. The summed E-state index contributed by atoms with van der Waals surface area (Å²) < 4.78 is 47.9. The largest absolute Gasteiger partial charge is 0.479 e. The number of halogens is 3. The number of carbonyl (C=O) groups is 2. The fourth-order valence-electron chi connectivity index (χ4n) is 2.70. The molecular formula is C21H22F3NO5. The lowest BCUT2D eigenvalue weighted by Gasteiger charge is -2.13. The molecule has 6 nitrogen and oxygen atoms in total. The number of alkyl halides is 3. The summed E-state index contributed by atoms with van der Waals surface area (Å²) >= 11 is 0. The van der Waals surface area contributed by atoms with Crippen molar-refractivity contribution < 1.29 is 37.3 Å². The number of carboxylic acid groups (broad SMARTS) is 1. The molecule has 0 saturated heterocycles. The van der Waals surface area contributed by atoms with E-state index in [4.69, 9.17) is 14.6 Å². The third-order valence-electron chi connectivity index (χ3n) is 4.14. The summed E-state index contributed by atoms with van der Waals surface area (Å²) in [5.41, 5.74) is 0.999. The van der Waals surface area contributed by atoms with Crippen molar-refractivity contribution in [3.8, 4) is 0 Å². The first-order valence-electron chi connectivity index (χ1n) is 9.22. The summed E-state index contributed by atoms with van der Waals surface area (Å²) in [5.74, 6) is -1.04. The molecule has 2 aromatic rings. The van der Waals surface area contributed by atoms with Crippen LogP contribution in [0, 0.1) is 0 Å². The first-order chi connectivity index (χ1) is 14.2. The standard InChI is InChI=1S/C21H22F3NO5/c1-2-29-18(19(26)27)13-15-5-3-4-14(12-15)10-11-30-20(28)25-17-8-6-16(7-9-17)21(22,23)24/h3-9,12,18H,2,10-11,13H2,1H3,(H,25,28)(H,26,27). The minimum Gasteiger partial charge on any atom is -0.479 e. The first kappa shape index (κ1) is 23.2. The van der Waals surface area contributed by atoms with E-state index in [2.05, 4.69) is 5.32 Å². The monoisotopic (exact) mass is 425 g/mol. The number of hydrogen-bond donors (Lipinski definition) is 2. The van der Waals surface area contributed by atoms with Crippen molar-refractivity contribution >= 4 is 17.7 Å². The number of benzene rings is 2. The van der Waals surface area contributed by atoms with Crippen molar-refractivity contribution in [2.75, 3.05) is 18.5 Å². The number of anilines is 1. The van der Waals surface area contributed by atoms with E-state index in [1.807, 2.05) is 12.1 Å².